The third-order valence-electron chi connectivity index (χ3n) is 3.99. The zero-order valence-corrected chi connectivity index (χ0v) is 12.3. The quantitative estimate of drug-likeness (QED) is 0.856. The number of aromatic nitrogens is 1. The molecule has 106 valence electrons. The number of hydrogen-bond acceptors (Lipinski definition) is 3. The Morgan fingerprint density at radius 1 is 1.37 bits per heavy atom. The fourth-order valence-electron chi connectivity index (χ4n) is 3.10. The van der Waals surface area contributed by atoms with Gasteiger partial charge in [-0.05, 0) is 30.4 Å². The molecule has 0 aliphatic heterocycles. The van der Waals surface area contributed by atoms with Crippen LogP contribution in [0.25, 0.3) is 0 Å². The summed E-state index contributed by atoms with van der Waals surface area (Å²) < 4.78 is 0. The van der Waals surface area contributed by atoms with Crippen LogP contribution in [0.15, 0.2) is 18.3 Å². The third-order valence-corrected chi connectivity index (χ3v) is 3.99. The van der Waals surface area contributed by atoms with Gasteiger partial charge in [-0.1, -0.05) is 32.8 Å². The molecule has 0 atom stereocenters. The van der Waals surface area contributed by atoms with Gasteiger partial charge < -0.3 is 5.73 Å². The van der Waals surface area contributed by atoms with Gasteiger partial charge in [-0.2, -0.15) is 0 Å². The highest BCUT2D eigenvalue weighted by atomic mass is 15.2. The van der Waals surface area contributed by atoms with Crippen LogP contribution >= 0.6 is 0 Å². The highest BCUT2D eigenvalue weighted by Gasteiger charge is 2.23. The van der Waals surface area contributed by atoms with Crippen molar-refractivity contribution in [3.8, 4) is 0 Å². The van der Waals surface area contributed by atoms with Gasteiger partial charge in [-0.15, -0.1) is 0 Å². The summed E-state index contributed by atoms with van der Waals surface area (Å²) in [6.07, 6.45) is 7.32. The van der Waals surface area contributed by atoms with Gasteiger partial charge in [0.05, 0.1) is 5.69 Å². The molecule has 0 bridgehead atoms. The number of nitrogens with two attached hydrogens (primary N) is 1. The lowest BCUT2D eigenvalue weighted by Crippen LogP contribution is -2.36. The van der Waals surface area contributed by atoms with Crippen molar-refractivity contribution in [2.45, 2.75) is 58.7 Å². The van der Waals surface area contributed by atoms with Crippen molar-refractivity contribution < 1.29 is 0 Å². The van der Waals surface area contributed by atoms with E-state index in [2.05, 4.69) is 29.8 Å². The van der Waals surface area contributed by atoms with E-state index in [0.717, 1.165) is 18.3 Å². The summed E-state index contributed by atoms with van der Waals surface area (Å²) in [5.74, 6) is 0.707. The minimum Gasteiger partial charge on any atom is -0.325 e. The molecule has 1 heterocycles. The van der Waals surface area contributed by atoms with Crippen molar-refractivity contribution in [3.05, 3.63) is 29.6 Å². The summed E-state index contributed by atoms with van der Waals surface area (Å²) in [7, 11) is 0. The van der Waals surface area contributed by atoms with E-state index in [0.29, 0.717) is 12.5 Å². The lowest BCUT2D eigenvalue weighted by atomic mass is 10.1. The van der Waals surface area contributed by atoms with Crippen molar-refractivity contribution in [1.82, 2.24) is 9.88 Å². The second-order valence-corrected chi connectivity index (χ2v) is 6.07. The molecule has 0 aromatic carbocycles. The van der Waals surface area contributed by atoms with E-state index in [1.165, 1.54) is 37.8 Å². The van der Waals surface area contributed by atoms with E-state index in [-0.39, 0.29) is 0 Å². The lowest BCUT2D eigenvalue weighted by Gasteiger charge is -2.31. The zero-order chi connectivity index (χ0) is 13.7. The molecule has 1 aliphatic carbocycles. The number of rotatable bonds is 6. The normalized spacial score (nSPS) is 16.7. The van der Waals surface area contributed by atoms with Crippen LogP contribution in [0.5, 0.6) is 0 Å². The Morgan fingerprint density at radius 2 is 2.11 bits per heavy atom. The van der Waals surface area contributed by atoms with Gasteiger partial charge in [0.1, 0.15) is 0 Å². The summed E-state index contributed by atoms with van der Waals surface area (Å²) in [4.78, 5) is 7.05. The molecule has 3 nitrogen and oxygen atoms in total. The molecule has 0 radical (unpaired) electrons. The second-order valence-electron chi connectivity index (χ2n) is 6.07. The van der Waals surface area contributed by atoms with Crippen molar-refractivity contribution in [1.29, 1.82) is 0 Å². The molecule has 1 fully saturated rings. The van der Waals surface area contributed by atoms with E-state index in [1.807, 2.05) is 12.3 Å². The topological polar surface area (TPSA) is 42.2 Å². The van der Waals surface area contributed by atoms with Crippen LogP contribution in [0, 0.1) is 5.92 Å². The second kappa shape index (κ2) is 7.01. The van der Waals surface area contributed by atoms with Crippen LogP contribution in [0.4, 0.5) is 0 Å². The molecule has 1 aliphatic rings. The van der Waals surface area contributed by atoms with Gasteiger partial charge in [0.15, 0.2) is 0 Å². The Labute approximate surface area is 117 Å². The maximum absolute atomic E-state index is 5.80. The largest absolute Gasteiger partial charge is 0.325 e. The Morgan fingerprint density at radius 3 is 2.74 bits per heavy atom. The predicted octanol–water partition coefficient (Wildman–Crippen LogP) is 2.94. The standard InChI is InChI=1S/C16H27N3/c1-13(2)11-19(15-7-3-4-8-15)12-14-6-5-9-18-16(14)10-17/h5-6,9,13,15H,3-4,7-8,10-12,17H2,1-2H3. The van der Waals surface area contributed by atoms with Gasteiger partial charge in [-0.3, -0.25) is 9.88 Å². The molecular weight excluding hydrogens is 234 g/mol. The van der Waals surface area contributed by atoms with Crippen LogP contribution in [0.3, 0.4) is 0 Å². The Hall–Kier alpha value is -0.930. The van der Waals surface area contributed by atoms with Crippen molar-refractivity contribution >= 4 is 0 Å². The van der Waals surface area contributed by atoms with E-state index in [4.69, 9.17) is 5.73 Å². The first-order valence-corrected chi connectivity index (χ1v) is 7.57. The lowest BCUT2D eigenvalue weighted by molar-refractivity contribution is 0.168. The highest BCUT2D eigenvalue weighted by Crippen LogP contribution is 2.26. The fourth-order valence-corrected chi connectivity index (χ4v) is 3.10. The minimum absolute atomic E-state index is 0.538. The van der Waals surface area contributed by atoms with Crippen LogP contribution in [-0.4, -0.2) is 22.5 Å². The third kappa shape index (κ3) is 4.02. The number of pyridine rings is 1. The molecule has 19 heavy (non-hydrogen) atoms. The van der Waals surface area contributed by atoms with E-state index < -0.39 is 0 Å². The smallest absolute Gasteiger partial charge is 0.0584 e. The molecule has 2 rings (SSSR count). The summed E-state index contributed by atoms with van der Waals surface area (Å²) in [6.45, 7) is 7.31. The molecule has 1 aromatic heterocycles. The summed E-state index contributed by atoms with van der Waals surface area (Å²) in [6, 6.07) is 4.96. The van der Waals surface area contributed by atoms with Crippen LogP contribution in [0.2, 0.25) is 0 Å². The maximum atomic E-state index is 5.80. The average Bonchev–Trinajstić information content (AvgIpc) is 2.92. The van der Waals surface area contributed by atoms with Gasteiger partial charge in [0, 0.05) is 31.9 Å². The van der Waals surface area contributed by atoms with Crippen molar-refractivity contribution in [2.24, 2.45) is 11.7 Å². The number of nitrogens with zero attached hydrogens (tertiary/aromatic N) is 2. The summed E-state index contributed by atoms with van der Waals surface area (Å²) >= 11 is 0. The fraction of sp³-hybridized carbons (Fsp3) is 0.688. The predicted molar refractivity (Wildman–Crippen MR) is 79.6 cm³/mol. The van der Waals surface area contributed by atoms with E-state index >= 15 is 0 Å². The monoisotopic (exact) mass is 261 g/mol. The molecular formula is C16H27N3. The van der Waals surface area contributed by atoms with Crippen LogP contribution in [-0.2, 0) is 13.1 Å². The first kappa shape index (κ1) is 14.5. The maximum Gasteiger partial charge on any atom is 0.0584 e. The molecule has 0 amide bonds. The van der Waals surface area contributed by atoms with Crippen LogP contribution in [0.1, 0.15) is 50.8 Å². The summed E-state index contributed by atoms with van der Waals surface area (Å²) in [5, 5.41) is 0. The SMILES string of the molecule is CC(C)CN(Cc1cccnc1CN)C1CCCC1. The Kier molecular flexibility index (Phi) is 5.34. The van der Waals surface area contributed by atoms with E-state index in [1.54, 1.807) is 0 Å². The highest BCUT2D eigenvalue weighted by molar-refractivity contribution is 5.19. The van der Waals surface area contributed by atoms with E-state index in [9.17, 15) is 0 Å². The van der Waals surface area contributed by atoms with Gasteiger partial charge >= 0.3 is 0 Å². The molecule has 3 heteroatoms. The molecule has 1 saturated carbocycles. The Bertz CT molecular complexity index is 383. The number of hydrogen-bond donors (Lipinski definition) is 1. The molecule has 0 unspecified atom stereocenters. The minimum atomic E-state index is 0.538. The Balaban J connectivity index is 2.09. The zero-order valence-electron chi connectivity index (χ0n) is 12.3. The van der Waals surface area contributed by atoms with Gasteiger partial charge in [-0.25, -0.2) is 0 Å². The van der Waals surface area contributed by atoms with Gasteiger partial charge in [0.2, 0.25) is 0 Å². The molecule has 1 aromatic rings. The van der Waals surface area contributed by atoms with Crippen molar-refractivity contribution in [3.63, 3.8) is 0 Å². The average molecular weight is 261 g/mol. The molecule has 0 saturated heterocycles. The molecule has 0 spiro atoms. The first-order chi connectivity index (χ1) is 9.20. The van der Waals surface area contributed by atoms with Gasteiger partial charge in [0.25, 0.3) is 0 Å². The molecule has 2 N–H and O–H groups in total. The van der Waals surface area contributed by atoms with Crippen molar-refractivity contribution in [2.75, 3.05) is 6.54 Å². The first-order valence-electron chi connectivity index (χ1n) is 7.57. The van der Waals surface area contributed by atoms with Crippen LogP contribution < -0.4 is 5.73 Å². The summed E-state index contributed by atoms with van der Waals surface area (Å²) in [5.41, 5.74) is 8.15.